The maximum absolute atomic E-state index is 12.3. The minimum absolute atomic E-state index is 0.0789. The van der Waals surface area contributed by atoms with Gasteiger partial charge >= 0.3 is 5.91 Å². The number of halogens is 4. The van der Waals surface area contributed by atoms with Gasteiger partial charge in [-0.3, -0.25) is 14.9 Å². The number of nitro benzene ring substituents is 1. The van der Waals surface area contributed by atoms with E-state index in [1.54, 1.807) is 18.2 Å². The number of hydrazone groups is 1. The van der Waals surface area contributed by atoms with Gasteiger partial charge in [-0.25, -0.2) is 5.43 Å². The van der Waals surface area contributed by atoms with Gasteiger partial charge in [0.15, 0.2) is 5.76 Å². The van der Waals surface area contributed by atoms with Crippen LogP contribution in [0.4, 0.5) is 5.69 Å². The van der Waals surface area contributed by atoms with E-state index >= 15 is 0 Å². The minimum Gasteiger partial charge on any atom is -0.455 e. The van der Waals surface area contributed by atoms with Crippen molar-refractivity contribution in [2.75, 3.05) is 0 Å². The van der Waals surface area contributed by atoms with Gasteiger partial charge in [0.25, 0.3) is 5.69 Å². The number of furan rings is 2. The molecule has 4 rings (SSSR count). The topological polar surface area (TPSA) is 111 Å². The molecular formula is C20H9Br2Cl2N3O5. The fourth-order valence-electron chi connectivity index (χ4n) is 2.83. The summed E-state index contributed by atoms with van der Waals surface area (Å²) in [5.41, 5.74) is 2.89. The summed E-state index contributed by atoms with van der Waals surface area (Å²) in [5, 5.41) is 15.8. The summed E-state index contributed by atoms with van der Waals surface area (Å²) < 4.78 is 12.7. The van der Waals surface area contributed by atoms with E-state index in [2.05, 4.69) is 42.4 Å². The van der Waals surface area contributed by atoms with E-state index in [-0.39, 0.29) is 33.0 Å². The molecule has 0 unspecified atom stereocenters. The predicted molar refractivity (Wildman–Crippen MR) is 127 cm³/mol. The number of nitrogens with one attached hydrogen (secondary N) is 1. The molecule has 0 radical (unpaired) electrons. The van der Waals surface area contributed by atoms with Gasteiger partial charge in [-0.15, -0.1) is 0 Å². The number of benzene rings is 2. The molecule has 4 aromatic rings. The third kappa shape index (κ3) is 4.58. The quantitative estimate of drug-likeness (QED) is 0.148. The Balaban J connectivity index is 1.50. The molecule has 12 heteroatoms. The fourth-order valence-corrected chi connectivity index (χ4v) is 4.72. The molecule has 0 saturated carbocycles. The summed E-state index contributed by atoms with van der Waals surface area (Å²) in [4.78, 5) is 22.8. The van der Waals surface area contributed by atoms with Crippen LogP contribution in [0, 0.1) is 10.1 Å². The van der Waals surface area contributed by atoms with Gasteiger partial charge in [0.1, 0.15) is 22.1 Å². The zero-order valence-electron chi connectivity index (χ0n) is 15.6. The predicted octanol–water partition coefficient (Wildman–Crippen LogP) is 7.20. The smallest absolute Gasteiger partial charge is 0.307 e. The zero-order chi connectivity index (χ0) is 23.0. The van der Waals surface area contributed by atoms with Crippen molar-refractivity contribution in [2.24, 2.45) is 5.10 Å². The molecule has 0 bridgehead atoms. The SMILES string of the molecule is O=C(N/N=C\c1ccc(-c2cc([N+](=O)[O-])c(Cl)cc2Cl)o1)c1cc2cc(Br)cc(Br)c2o1. The molecule has 0 saturated heterocycles. The molecule has 0 aliphatic rings. The Hall–Kier alpha value is -2.66. The van der Waals surface area contributed by atoms with Crippen LogP contribution in [0.1, 0.15) is 16.3 Å². The molecule has 0 spiro atoms. The Morgan fingerprint density at radius 2 is 1.88 bits per heavy atom. The lowest BCUT2D eigenvalue weighted by molar-refractivity contribution is -0.384. The highest BCUT2D eigenvalue weighted by atomic mass is 79.9. The second kappa shape index (κ2) is 9.07. The highest BCUT2D eigenvalue weighted by molar-refractivity contribution is 9.11. The molecule has 8 nitrogen and oxygen atoms in total. The summed E-state index contributed by atoms with van der Waals surface area (Å²) in [5.74, 6) is 0.0838. The van der Waals surface area contributed by atoms with Gasteiger partial charge in [-0.2, -0.15) is 5.10 Å². The van der Waals surface area contributed by atoms with Crippen LogP contribution >= 0.6 is 55.1 Å². The second-order valence-corrected chi connectivity index (χ2v) is 8.94. The van der Waals surface area contributed by atoms with E-state index in [0.29, 0.717) is 15.6 Å². The molecule has 0 fully saturated rings. The average Bonchev–Trinajstić information content (AvgIpc) is 3.35. The Morgan fingerprint density at radius 3 is 2.62 bits per heavy atom. The van der Waals surface area contributed by atoms with Crippen LogP contribution in [0.25, 0.3) is 22.3 Å². The molecule has 0 aliphatic heterocycles. The van der Waals surface area contributed by atoms with Gasteiger partial charge in [0.2, 0.25) is 0 Å². The van der Waals surface area contributed by atoms with Crippen LogP contribution in [0.5, 0.6) is 0 Å². The van der Waals surface area contributed by atoms with E-state index < -0.39 is 10.8 Å². The van der Waals surface area contributed by atoms with E-state index in [4.69, 9.17) is 32.0 Å². The first-order valence-corrected chi connectivity index (χ1v) is 11.0. The molecule has 2 aromatic carbocycles. The lowest BCUT2D eigenvalue weighted by Crippen LogP contribution is -2.16. The monoisotopic (exact) mass is 599 g/mol. The van der Waals surface area contributed by atoms with Crippen molar-refractivity contribution in [1.29, 1.82) is 0 Å². The highest BCUT2D eigenvalue weighted by Gasteiger charge is 2.19. The van der Waals surface area contributed by atoms with Crippen molar-refractivity contribution < 1.29 is 18.6 Å². The van der Waals surface area contributed by atoms with Crippen molar-refractivity contribution in [3.05, 3.63) is 83.1 Å². The number of hydrogen-bond acceptors (Lipinski definition) is 6. The number of nitro groups is 1. The van der Waals surface area contributed by atoms with Crippen LogP contribution < -0.4 is 5.43 Å². The fraction of sp³-hybridized carbons (Fsp3) is 0. The lowest BCUT2D eigenvalue weighted by atomic mass is 10.1. The van der Waals surface area contributed by atoms with Crippen LogP contribution in [0.15, 0.2) is 65.3 Å². The number of amides is 1. The first-order chi connectivity index (χ1) is 15.2. The van der Waals surface area contributed by atoms with E-state index in [1.807, 2.05) is 12.1 Å². The van der Waals surface area contributed by atoms with Gasteiger partial charge < -0.3 is 8.83 Å². The van der Waals surface area contributed by atoms with Gasteiger partial charge in [0.05, 0.1) is 20.6 Å². The number of carbonyl (C=O) groups excluding carboxylic acids is 1. The van der Waals surface area contributed by atoms with Crippen LogP contribution in [-0.4, -0.2) is 17.0 Å². The Kier molecular flexibility index (Phi) is 6.38. The lowest BCUT2D eigenvalue weighted by Gasteiger charge is -2.02. The second-order valence-electron chi connectivity index (χ2n) is 6.36. The summed E-state index contributed by atoms with van der Waals surface area (Å²) in [6.45, 7) is 0. The molecule has 2 aromatic heterocycles. The molecular weight excluding hydrogens is 593 g/mol. The number of rotatable bonds is 5. The van der Waals surface area contributed by atoms with Gasteiger partial charge in [-0.05, 0) is 52.3 Å². The summed E-state index contributed by atoms with van der Waals surface area (Å²) in [6.07, 6.45) is 1.27. The van der Waals surface area contributed by atoms with Crippen LogP contribution in [-0.2, 0) is 0 Å². The molecule has 0 aliphatic carbocycles. The van der Waals surface area contributed by atoms with Gasteiger partial charge in [0, 0.05) is 21.5 Å². The maximum atomic E-state index is 12.3. The van der Waals surface area contributed by atoms with Crippen molar-refractivity contribution in [3.63, 3.8) is 0 Å². The van der Waals surface area contributed by atoms with E-state index in [1.165, 1.54) is 18.3 Å². The number of carbonyl (C=O) groups is 1. The Labute approximate surface area is 206 Å². The summed E-state index contributed by atoms with van der Waals surface area (Å²) in [7, 11) is 0. The first kappa shape index (κ1) is 22.5. The Bertz CT molecular complexity index is 1410. The number of nitrogens with zero attached hydrogens (tertiary/aromatic N) is 2. The first-order valence-electron chi connectivity index (χ1n) is 8.68. The van der Waals surface area contributed by atoms with Crippen molar-refractivity contribution in [2.45, 2.75) is 0 Å². The molecule has 32 heavy (non-hydrogen) atoms. The van der Waals surface area contributed by atoms with Crippen LogP contribution in [0.3, 0.4) is 0 Å². The van der Waals surface area contributed by atoms with Crippen molar-refractivity contribution in [1.82, 2.24) is 5.43 Å². The maximum Gasteiger partial charge on any atom is 0.307 e. The van der Waals surface area contributed by atoms with Gasteiger partial charge in [-0.1, -0.05) is 39.1 Å². The summed E-state index contributed by atoms with van der Waals surface area (Å²) >= 11 is 18.8. The minimum atomic E-state index is -0.613. The standard InChI is InChI=1S/C20H9Br2Cl2N3O5/c21-10-3-9-4-18(32-19(9)13(22)5-10)20(28)26-25-8-11-1-2-17(31-11)12-6-16(27(29)30)15(24)7-14(12)23/h1-8H,(H,26,28)/b25-8-. The number of fused-ring (bicyclic) bond motifs is 1. The van der Waals surface area contributed by atoms with Crippen molar-refractivity contribution >= 4 is 83.8 Å². The third-order valence-corrected chi connectivity index (χ3v) is 5.91. The molecule has 162 valence electrons. The van der Waals surface area contributed by atoms with Crippen LogP contribution in [0.2, 0.25) is 10.0 Å². The Morgan fingerprint density at radius 1 is 1.09 bits per heavy atom. The molecule has 1 amide bonds. The number of hydrogen-bond donors (Lipinski definition) is 1. The normalized spacial score (nSPS) is 11.4. The highest BCUT2D eigenvalue weighted by Crippen LogP contribution is 2.37. The zero-order valence-corrected chi connectivity index (χ0v) is 20.3. The molecule has 1 N–H and O–H groups in total. The molecule has 0 atom stereocenters. The largest absolute Gasteiger partial charge is 0.455 e. The third-order valence-electron chi connectivity index (χ3n) is 4.24. The van der Waals surface area contributed by atoms with E-state index in [0.717, 1.165) is 9.86 Å². The van der Waals surface area contributed by atoms with Crippen molar-refractivity contribution in [3.8, 4) is 11.3 Å². The average molecular weight is 602 g/mol. The van der Waals surface area contributed by atoms with E-state index in [9.17, 15) is 14.9 Å². The summed E-state index contributed by atoms with van der Waals surface area (Å²) in [6, 6.07) is 10.9. The molecule has 2 heterocycles.